The van der Waals surface area contributed by atoms with Gasteiger partial charge in [-0.25, -0.2) is 4.79 Å². The van der Waals surface area contributed by atoms with Gasteiger partial charge < -0.3 is 19.5 Å². The second-order valence-corrected chi connectivity index (χ2v) is 9.03. The molecule has 3 rings (SSSR count). The molecule has 2 aromatic rings. The van der Waals surface area contributed by atoms with Crippen molar-refractivity contribution in [3.05, 3.63) is 59.7 Å². The van der Waals surface area contributed by atoms with Crippen LogP contribution in [0.3, 0.4) is 0 Å². The minimum atomic E-state index is -0.588. The molecule has 0 aromatic heterocycles. The number of ether oxygens (including phenoxy) is 3. The molecule has 1 N–H and O–H groups in total. The average Bonchev–Trinajstić information content (AvgIpc) is 3.05. The van der Waals surface area contributed by atoms with E-state index < -0.39 is 17.7 Å². The fourth-order valence-electron chi connectivity index (χ4n) is 3.91. The van der Waals surface area contributed by atoms with E-state index in [1.807, 2.05) is 52.0 Å². The van der Waals surface area contributed by atoms with Crippen molar-refractivity contribution in [3.8, 4) is 11.1 Å². The van der Waals surface area contributed by atoms with Crippen LogP contribution in [-0.4, -0.2) is 43.5 Å². The van der Waals surface area contributed by atoms with Gasteiger partial charge in [-0.1, -0.05) is 55.5 Å². The van der Waals surface area contributed by atoms with E-state index >= 15 is 0 Å². The van der Waals surface area contributed by atoms with Crippen molar-refractivity contribution in [1.82, 2.24) is 5.32 Å². The van der Waals surface area contributed by atoms with Gasteiger partial charge in [-0.15, -0.1) is 0 Å². The minimum Gasteiger partial charge on any atom is -0.460 e. The smallest absolute Gasteiger partial charge is 0.407 e. The first-order chi connectivity index (χ1) is 15.3. The number of amides is 1. The lowest BCUT2D eigenvalue weighted by molar-refractivity contribution is -0.155. The zero-order valence-electron chi connectivity index (χ0n) is 19.4. The van der Waals surface area contributed by atoms with Gasteiger partial charge in [-0.3, -0.25) is 4.79 Å². The molecule has 0 saturated heterocycles. The molecule has 6 heteroatoms. The Morgan fingerprint density at radius 2 is 1.59 bits per heavy atom. The number of alkyl carbamates (subject to hydrolysis) is 1. The molecule has 32 heavy (non-hydrogen) atoms. The molecule has 0 spiro atoms. The van der Waals surface area contributed by atoms with E-state index in [2.05, 4.69) is 29.6 Å². The van der Waals surface area contributed by atoms with E-state index in [0.29, 0.717) is 6.61 Å². The third kappa shape index (κ3) is 6.33. The Labute approximate surface area is 190 Å². The summed E-state index contributed by atoms with van der Waals surface area (Å²) in [5, 5.41) is 2.78. The molecule has 0 unspecified atom stereocenters. The van der Waals surface area contributed by atoms with Crippen LogP contribution in [0.4, 0.5) is 4.79 Å². The number of nitrogens with one attached hydrogen (secondary N) is 1. The van der Waals surface area contributed by atoms with Gasteiger partial charge in [0, 0.05) is 12.5 Å². The van der Waals surface area contributed by atoms with Crippen LogP contribution in [0.2, 0.25) is 0 Å². The molecule has 0 radical (unpaired) electrons. The predicted molar refractivity (Wildman–Crippen MR) is 124 cm³/mol. The van der Waals surface area contributed by atoms with Gasteiger partial charge in [-0.2, -0.15) is 0 Å². The van der Waals surface area contributed by atoms with Crippen LogP contribution in [0.15, 0.2) is 48.5 Å². The SMILES string of the molecule is CCCOC[C@H](CC(=O)OC(C)(C)C)NC(=O)OCC1c2ccccc2-c2ccccc21. The Hall–Kier alpha value is -2.86. The molecule has 1 atom stereocenters. The summed E-state index contributed by atoms with van der Waals surface area (Å²) in [5.74, 6) is -0.407. The maximum Gasteiger partial charge on any atom is 0.407 e. The summed E-state index contributed by atoms with van der Waals surface area (Å²) in [6.45, 7) is 8.43. The highest BCUT2D eigenvalue weighted by molar-refractivity contribution is 5.79. The van der Waals surface area contributed by atoms with E-state index in [0.717, 1.165) is 17.5 Å². The Balaban J connectivity index is 1.61. The average molecular weight is 440 g/mol. The number of hydrogen-bond donors (Lipinski definition) is 1. The third-order valence-corrected chi connectivity index (χ3v) is 5.17. The third-order valence-electron chi connectivity index (χ3n) is 5.17. The van der Waals surface area contributed by atoms with Gasteiger partial charge in [0.1, 0.15) is 12.2 Å². The van der Waals surface area contributed by atoms with E-state index in [1.165, 1.54) is 11.1 Å². The standard InChI is InChI=1S/C26H33NO5/c1-5-14-30-16-18(15-24(28)32-26(2,3)4)27-25(29)31-17-23-21-12-8-6-10-19(21)20-11-7-9-13-22(20)23/h6-13,18,23H,5,14-17H2,1-4H3,(H,27,29)/t18-/m0/s1. The quantitative estimate of drug-likeness (QED) is 0.437. The fourth-order valence-corrected chi connectivity index (χ4v) is 3.91. The first-order valence-corrected chi connectivity index (χ1v) is 11.2. The lowest BCUT2D eigenvalue weighted by Gasteiger charge is -2.23. The van der Waals surface area contributed by atoms with E-state index in [9.17, 15) is 9.59 Å². The maximum absolute atomic E-state index is 12.6. The Kier molecular flexibility index (Phi) is 7.91. The number of carbonyl (C=O) groups is 2. The molecular weight excluding hydrogens is 406 g/mol. The van der Waals surface area contributed by atoms with Crippen LogP contribution in [0.5, 0.6) is 0 Å². The van der Waals surface area contributed by atoms with Crippen LogP contribution in [0, 0.1) is 0 Å². The lowest BCUT2D eigenvalue weighted by Crippen LogP contribution is -2.41. The molecular formula is C26H33NO5. The monoisotopic (exact) mass is 439 g/mol. The van der Waals surface area contributed by atoms with Gasteiger partial charge in [0.25, 0.3) is 0 Å². The van der Waals surface area contributed by atoms with Crippen LogP contribution in [0.1, 0.15) is 57.6 Å². The summed E-state index contributed by atoms with van der Waals surface area (Å²) < 4.78 is 16.6. The largest absolute Gasteiger partial charge is 0.460 e. The van der Waals surface area contributed by atoms with Crippen LogP contribution >= 0.6 is 0 Å². The molecule has 0 fully saturated rings. The van der Waals surface area contributed by atoms with Crippen molar-refractivity contribution >= 4 is 12.1 Å². The zero-order valence-corrected chi connectivity index (χ0v) is 19.4. The van der Waals surface area contributed by atoms with Gasteiger partial charge in [0.2, 0.25) is 0 Å². The van der Waals surface area contributed by atoms with Crippen molar-refractivity contribution in [2.75, 3.05) is 19.8 Å². The fraction of sp³-hybridized carbons (Fsp3) is 0.462. The van der Waals surface area contributed by atoms with Crippen LogP contribution in [0.25, 0.3) is 11.1 Å². The van der Waals surface area contributed by atoms with Gasteiger partial charge in [0.15, 0.2) is 0 Å². The molecule has 172 valence electrons. The Morgan fingerprint density at radius 1 is 1.00 bits per heavy atom. The topological polar surface area (TPSA) is 73.9 Å². The highest BCUT2D eigenvalue weighted by Crippen LogP contribution is 2.44. The summed E-state index contributed by atoms with van der Waals surface area (Å²) in [7, 11) is 0. The summed E-state index contributed by atoms with van der Waals surface area (Å²) in [6.07, 6.45) is 0.301. The van der Waals surface area contributed by atoms with Crippen LogP contribution < -0.4 is 5.32 Å². The van der Waals surface area contributed by atoms with E-state index in [-0.39, 0.29) is 31.5 Å². The number of fused-ring (bicyclic) bond motifs is 3. The number of carbonyl (C=O) groups excluding carboxylic acids is 2. The van der Waals surface area contributed by atoms with E-state index in [1.54, 1.807) is 0 Å². The molecule has 0 bridgehead atoms. The van der Waals surface area contributed by atoms with Gasteiger partial charge in [0.05, 0.1) is 19.1 Å². The van der Waals surface area contributed by atoms with Crippen molar-refractivity contribution in [2.45, 2.75) is 58.1 Å². The summed E-state index contributed by atoms with van der Waals surface area (Å²) in [5.41, 5.74) is 4.06. The zero-order chi connectivity index (χ0) is 23.1. The molecule has 6 nitrogen and oxygen atoms in total. The van der Waals surface area contributed by atoms with Crippen molar-refractivity contribution in [3.63, 3.8) is 0 Å². The van der Waals surface area contributed by atoms with Gasteiger partial charge >= 0.3 is 12.1 Å². The van der Waals surface area contributed by atoms with Crippen molar-refractivity contribution < 1.29 is 23.8 Å². The summed E-state index contributed by atoms with van der Waals surface area (Å²) in [6, 6.07) is 15.8. The molecule has 1 aliphatic rings. The molecule has 0 heterocycles. The number of benzene rings is 2. The van der Waals surface area contributed by atoms with Gasteiger partial charge in [-0.05, 0) is 49.4 Å². The highest BCUT2D eigenvalue weighted by Gasteiger charge is 2.29. The normalized spacial score (nSPS) is 13.8. The summed E-state index contributed by atoms with van der Waals surface area (Å²) >= 11 is 0. The molecule has 1 amide bonds. The second kappa shape index (κ2) is 10.6. The second-order valence-electron chi connectivity index (χ2n) is 9.03. The molecule has 0 saturated carbocycles. The number of hydrogen-bond acceptors (Lipinski definition) is 5. The molecule has 0 aliphatic heterocycles. The lowest BCUT2D eigenvalue weighted by atomic mass is 9.98. The molecule has 1 aliphatic carbocycles. The minimum absolute atomic E-state index is 0.0190. The Morgan fingerprint density at radius 3 is 2.16 bits per heavy atom. The van der Waals surface area contributed by atoms with Crippen molar-refractivity contribution in [1.29, 1.82) is 0 Å². The Bertz CT molecular complexity index is 888. The predicted octanol–water partition coefficient (Wildman–Crippen LogP) is 5.05. The number of esters is 1. The molecule has 2 aromatic carbocycles. The first kappa shape index (κ1) is 23.8. The summed E-state index contributed by atoms with van der Waals surface area (Å²) in [4.78, 5) is 24.8. The van der Waals surface area contributed by atoms with E-state index in [4.69, 9.17) is 14.2 Å². The van der Waals surface area contributed by atoms with Crippen molar-refractivity contribution in [2.24, 2.45) is 0 Å². The first-order valence-electron chi connectivity index (χ1n) is 11.2. The number of rotatable bonds is 9. The highest BCUT2D eigenvalue weighted by atomic mass is 16.6. The maximum atomic E-state index is 12.6. The van der Waals surface area contributed by atoms with Crippen LogP contribution in [-0.2, 0) is 19.0 Å².